The lowest BCUT2D eigenvalue weighted by Gasteiger charge is -2.18. The van der Waals surface area contributed by atoms with E-state index in [-0.39, 0.29) is 18.4 Å². The molecule has 0 spiro atoms. The standard InChI is InChI=1S/C18H20N2O4S/c1-10-16(25-11(2)19-10)17(21)20-8-13(14(9-20)18(22)23)12-6-4-5-7-15(12)24-3/h4-7,13-14H,8-9H2,1-3H3,(H,22,23)/t13-,14+/m0/s1. The van der Waals surface area contributed by atoms with Gasteiger partial charge < -0.3 is 14.7 Å². The van der Waals surface area contributed by atoms with Crippen LogP contribution in [-0.2, 0) is 4.79 Å². The Labute approximate surface area is 150 Å². The number of hydrogen-bond acceptors (Lipinski definition) is 5. The number of aryl methyl sites for hydroxylation is 2. The monoisotopic (exact) mass is 360 g/mol. The molecule has 7 heteroatoms. The van der Waals surface area contributed by atoms with Crippen molar-refractivity contribution in [1.29, 1.82) is 0 Å². The molecule has 0 saturated carbocycles. The Morgan fingerprint density at radius 1 is 1.28 bits per heavy atom. The SMILES string of the molecule is COc1ccccc1[C@@H]1CN(C(=O)c2sc(C)nc2C)C[C@H]1C(=O)O. The fourth-order valence-corrected chi connectivity index (χ4v) is 4.27. The van der Waals surface area contributed by atoms with E-state index in [4.69, 9.17) is 4.74 Å². The molecule has 0 aliphatic carbocycles. The first kappa shape index (κ1) is 17.4. The molecule has 1 amide bonds. The average Bonchev–Trinajstić information content (AvgIpc) is 3.17. The molecule has 1 N–H and O–H groups in total. The fourth-order valence-electron chi connectivity index (χ4n) is 3.38. The molecule has 1 aromatic heterocycles. The topological polar surface area (TPSA) is 79.7 Å². The number of methoxy groups -OCH3 is 1. The molecule has 2 aromatic rings. The summed E-state index contributed by atoms with van der Waals surface area (Å²) in [5, 5.41) is 10.5. The van der Waals surface area contributed by atoms with Gasteiger partial charge in [-0.15, -0.1) is 11.3 Å². The van der Waals surface area contributed by atoms with Gasteiger partial charge in [-0.1, -0.05) is 18.2 Å². The molecule has 1 aliphatic heterocycles. The Balaban J connectivity index is 1.92. The highest BCUT2D eigenvalue weighted by molar-refractivity contribution is 7.13. The number of amides is 1. The van der Waals surface area contributed by atoms with Crippen molar-refractivity contribution in [2.24, 2.45) is 5.92 Å². The summed E-state index contributed by atoms with van der Waals surface area (Å²) in [6, 6.07) is 7.39. The van der Waals surface area contributed by atoms with Crippen molar-refractivity contribution in [2.45, 2.75) is 19.8 Å². The van der Waals surface area contributed by atoms with Gasteiger partial charge in [0.15, 0.2) is 0 Å². The number of carboxylic acids is 1. The van der Waals surface area contributed by atoms with E-state index in [2.05, 4.69) is 4.98 Å². The predicted molar refractivity (Wildman–Crippen MR) is 94.4 cm³/mol. The third kappa shape index (κ3) is 3.24. The molecule has 0 bridgehead atoms. The van der Waals surface area contributed by atoms with Gasteiger partial charge in [0.05, 0.1) is 23.7 Å². The highest BCUT2D eigenvalue weighted by Crippen LogP contribution is 2.38. The second-order valence-corrected chi connectivity index (χ2v) is 7.35. The van der Waals surface area contributed by atoms with Crippen LogP contribution in [0.5, 0.6) is 5.75 Å². The van der Waals surface area contributed by atoms with Gasteiger partial charge in [0.1, 0.15) is 10.6 Å². The quantitative estimate of drug-likeness (QED) is 0.907. The number of carboxylic acid groups (broad SMARTS) is 1. The highest BCUT2D eigenvalue weighted by atomic mass is 32.1. The van der Waals surface area contributed by atoms with Gasteiger partial charge in [-0.2, -0.15) is 0 Å². The van der Waals surface area contributed by atoms with Crippen LogP contribution in [0.2, 0.25) is 0 Å². The van der Waals surface area contributed by atoms with Crippen molar-refractivity contribution >= 4 is 23.2 Å². The number of hydrogen-bond donors (Lipinski definition) is 1. The van der Waals surface area contributed by atoms with Crippen molar-refractivity contribution in [3.63, 3.8) is 0 Å². The first-order chi connectivity index (χ1) is 11.9. The van der Waals surface area contributed by atoms with Crippen molar-refractivity contribution in [2.75, 3.05) is 20.2 Å². The molecule has 0 radical (unpaired) electrons. The first-order valence-electron chi connectivity index (χ1n) is 8.01. The van der Waals surface area contributed by atoms with Gasteiger partial charge in [-0.25, -0.2) is 4.98 Å². The molecule has 1 saturated heterocycles. The molecule has 1 aromatic carbocycles. The molecular weight excluding hydrogens is 340 g/mol. The predicted octanol–water partition coefficient (Wildman–Crippen LogP) is 2.71. The summed E-state index contributed by atoms with van der Waals surface area (Å²) in [6.45, 7) is 4.20. The van der Waals surface area contributed by atoms with E-state index in [1.54, 1.807) is 18.9 Å². The molecule has 25 heavy (non-hydrogen) atoms. The Bertz CT molecular complexity index is 817. The molecule has 0 unspecified atom stereocenters. The Morgan fingerprint density at radius 3 is 2.60 bits per heavy atom. The van der Waals surface area contributed by atoms with E-state index in [1.165, 1.54) is 11.3 Å². The van der Waals surface area contributed by atoms with E-state index in [1.807, 2.05) is 31.2 Å². The summed E-state index contributed by atoms with van der Waals surface area (Å²) < 4.78 is 5.38. The van der Waals surface area contributed by atoms with Gasteiger partial charge in [0, 0.05) is 19.0 Å². The van der Waals surface area contributed by atoms with Crippen LogP contribution < -0.4 is 4.74 Å². The lowest BCUT2D eigenvalue weighted by atomic mass is 9.88. The van der Waals surface area contributed by atoms with Gasteiger partial charge in [-0.05, 0) is 25.5 Å². The van der Waals surface area contributed by atoms with Crippen LogP contribution in [0.4, 0.5) is 0 Å². The number of likely N-dealkylation sites (tertiary alicyclic amines) is 1. The number of aromatic nitrogens is 1. The van der Waals surface area contributed by atoms with Crippen LogP contribution in [0.1, 0.15) is 31.9 Å². The molecule has 132 valence electrons. The maximum Gasteiger partial charge on any atom is 0.308 e. The minimum absolute atomic E-state index is 0.147. The van der Waals surface area contributed by atoms with E-state index >= 15 is 0 Å². The maximum absolute atomic E-state index is 12.9. The number of carbonyl (C=O) groups is 2. The van der Waals surface area contributed by atoms with E-state index in [9.17, 15) is 14.7 Å². The molecule has 1 aliphatic rings. The summed E-state index contributed by atoms with van der Waals surface area (Å²) >= 11 is 1.35. The Kier molecular flexibility index (Phi) is 4.76. The fraction of sp³-hybridized carbons (Fsp3) is 0.389. The molecule has 1 fully saturated rings. The molecule has 2 heterocycles. The summed E-state index contributed by atoms with van der Waals surface area (Å²) in [4.78, 5) is 31.1. The number of rotatable bonds is 4. The molecule has 3 rings (SSSR count). The smallest absolute Gasteiger partial charge is 0.308 e. The average molecular weight is 360 g/mol. The zero-order chi connectivity index (χ0) is 18.1. The third-order valence-electron chi connectivity index (χ3n) is 4.56. The number of nitrogens with zero attached hydrogens (tertiary/aromatic N) is 2. The van der Waals surface area contributed by atoms with Gasteiger partial charge >= 0.3 is 5.97 Å². The van der Waals surface area contributed by atoms with Gasteiger partial charge in [-0.3, -0.25) is 9.59 Å². The van der Waals surface area contributed by atoms with Crippen LogP contribution in [-0.4, -0.2) is 47.1 Å². The largest absolute Gasteiger partial charge is 0.496 e. The maximum atomic E-state index is 12.9. The van der Waals surface area contributed by atoms with Crippen molar-refractivity contribution < 1.29 is 19.4 Å². The zero-order valence-electron chi connectivity index (χ0n) is 14.4. The number of benzene rings is 1. The van der Waals surface area contributed by atoms with Crippen LogP contribution in [0.15, 0.2) is 24.3 Å². The lowest BCUT2D eigenvalue weighted by molar-refractivity contribution is -0.141. The van der Waals surface area contributed by atoms with Crippen LogP contribution >= 0.6 is 11.3 Å². The Hall–Kier alpha value is -2.41. The van der Waals surface area contributed by atoms with E-state index < -0.39 is 11.9 Å². The Morgan fingerprint density at radius 2 is 2.00 bits per heavy atom. The highest BCUT2D eigenvalue weighted by Gasteiger charge is 2.42. The first-order valence-corrected chi connectivity index (χ1v) is 8.83. The minimum atomic E-state index is -0.900. The van der Waals surface area contributed by atoms with Gasteiger partial charge in [0.2, 0.25) is 0 Å². The second kappa shape index (κ2) is 6.84. The van der Waals surface area contributed by atoms with E-state index in [0.717, 1.165) is 10.6 Å². The zero-order valence-corrected chi connectivity index (χ0v) is 15.2. The summed E-state index contributed by atoms with van der Waals surface area (Å²) in [5.41, 5.74) is 1.52. The van der Waals surface area contributed by atoms with Crippen molar-refractivity contribution in [3.05, 3.63) is 45.4 Å². The lowest BCUT2D eigenvalue weighted by Crippen LogP contribution is -2.29. The third-order valence-corrected chi connectivity index (χ3v) is 5.62. The number of para-hydroxylation sites is 1. The minimum Gasteiger partial charge on any atom is -0.496 e. The van der Waals surface area contributed by atoms with Gasteiger partial charge in [0.25, 0.3) is 5.91 Å². The number of carbonyl (C=O) groups excluding carboxylic acids is 1. The summed E-state index contributed by atoms with van der Waals surface area (Å²) in [7, 11) is 1.57. The molecular formula is C18H20N2O4S. The van der Waals surface area contributed by atoms with Crippen molar-refractivity contribution in [3.8, 4) is 5.75 Å². The van der Waals surface area contributed by atoms with Crippen LogP contribution in [0.25, 0.3) is 0 Å². The van der Waals surface area contributed by atoms with Crippen LogP contribution in [0.3, 0.4) is 0 Å². The van der Waals surface area contributed by atoms with Crippen molar-refractivity contribution in [1.82, 2.24) is 9.88 Å². The number of thiazole rings is 1. The number of ether oxygens (including phenoxy) is 1. The summed E-state index contributed by atoms with van der Waals surface area (Å²) in [5.74, 6) is -1.35. The molecule has 6 nitrogen and oxygen atoms in total. The normalized spacial score (nSPS) is 19.9. The molecule has 2 atom stereocenters. The number of aliphatic carboxylic acids is 1. The summed E-state index contributed by atoms with van der Waals surface area (Å²) in [6.07, 6.45) is 0. The van der Waals surface area contributed by atoms with E-state index in [0.29, 0.717) is 22.9 Å². The second-order valence-electron chi connectivity index (χ2n) is 6.15. The van der Waals surface area contributed by atoms with Crippen LogP contribution in [0, 0.1) is 19.8 Å².